The van der Waals surface area contributed by atoms with E-state index >= 15 is 0 Å². The van der Waals surface area contributed by atoms with E-state index in [-0.39, 0.29) is 6.54 Å². The predicted octanol–water partition coefficient (Wildman–Crippen LogP) is 6.81. The molecule has 4 nitrogen and oxygen atoms in total. The van der Waals surface area contributed by atoms with Crippen molar-refractivity contribution in [1.82, 2.24) is 0 Å². The number of benzene rings is 3. The Kier molecular flexibility index (Phi) is 10.3. The maximum Gasteiger partial charge on any atom is 0.250 e. The minimum Gasteiger partial charge on any atom is -0.392 e. The lowest BCUT2D eigenvalue weighted by atomic mass is 9.97. The van der Waals surface area contributed by atoms with Crippen molar-refractivity contribution in [3.05, 3.63) is 139 Å². The molecule has 0 radical (unpaired) electrons. The normalized spacial score (nSPS) is 12.2. The van der Waals surface area contributed by atoms with Crippen molar-refractivity contribution in [2.24, 2.45) is 0 Å². The van der Waals surface area contributed by atoms with Crippen molar-refractivity contribution < 1.29 is 5.11 Å². The molecule has 4 rings (SSSR count). The standard InChI is InChI=1S/C22H21NO3.C12H14/c1-14-3-5-16(6-4-14)7-8-17-9-11-18(12-10-17)19-20(22(26)21(19)25)23-13-15(2)24;1-3-4-5-6-12-9-7-11(2)8-10-12/h3-12,15,23-24H,13H2,1-2H3;3-10H,1-2H3/b8-7+;. The molecule has 2 N–H and O–H groups in total. The van der Waals surface area contributed by atoms with Gasteiger partial charge in [0.2, 0.25) is 10.9 Å². The first-order valence-electron chi connectivity index (χ1n) is 12.7. The lowest BCUT2D eigenvalue weighted by molar-refractivity contribution is 0.208. The highest BCUT2D eigenvalue weighted by molar-refractivity contribution is 5.82. The third-order valence-electron chi connectivity index (χ3n) is 5.90. The highest BCUT2D eigenvalue weighted by Crippen LogP contribution is 2.24. The Morgan fingerprint density at radius 2 is 1.18 bits per heavy atom. The molecule has 4 aromatic carbocycles. The summed E-state index contributed by atoms with van der Waals surface area (Å²) in [5.41, 5.74) is 6.28. The number of rotatable bonds is 8. The monoisotopic (exact) mass is 505 g/mol. The second-order valence-corrected chi connectivity index (χ2v) is 9.30. The van der Waals surface area contributed by atoms with Gasteiger partial charge in [-0.3, -0.25) is 9.59 Å². The summed E-state index contributed by atoms with van der Waals surface area (Å²) in [6, 6.07) is 24.2. The van der Waals surface area contributed by atoms with Gasteiger partial charge in [0, 0.05) is 6.54 Å². The zero-order valence-corrected chi connectivity index (χ0v) is 22.4. The molecule has 0 saturated heterocycles. The Balaban J connectivity index is 0.000000279. The molecular formula is C34H35NO3. The molecule has 1 unspecified atom stereocenters. The number of aliphatic hydroxyl groups is 1. The van der Waals surface area contributed by atoms with Crippen LogP contribution in [0, 0.1) is 13.8 Å². The van der Waals surface area contributed by atoms with Crippen molar-refractivity contribution >= 4 is 23.9 Å². The fourth-order valence-electron chi connectivity index (χ4n) is 3.67. The van der Waals surface area contributed by atoms with Gasteiger partial charge in [0.15, 0.2) is 0 Å². The van der Waals surface area contributed by atoms with Crippen LogP contribution in [0.15, 0.2) is 101 Å². The van der Waals surface area contributed by atoms with Crippen LogP contribution in [0.2, 0.25) is 0 Å². The first kappa shape index (κ1) is 28.3. The van der Waals surface area contributed by atoms with Crippen molar-refractivity contribution in [2.45, 2.75) is 33.8 Å². The quantitative estimate of drug-likeness (QED) is 0.157. The van der Waals surface area contributed by atoms with Gasteiger partial charge in [0.05, 0.1) is 17.4 Å². The highest BCUT2D eigenvalue weighted by Gasteiger charge is 2.22. The fraction of sp³-hybridized carbons (Fsp3) is 0.176. The van der Waals surface area contributed by atoms with Crippen LogP contribution in [0.3, 0.4) is 0 Å². The van der Waals surface area contributed by atoms with Gasteiger partial charge >= 0.3 is 0 Å². The molecule has 194 valence electrons. The van der Waals surface area contributed by atoms with E-state index in [4.69, 9.17) is 0 Å². The van der Waals surface area contributed by atoms with Crippen molar-refractivity contribution in [1.29, 1.82) is 0 Å². The van der Waals surface area contributed by atoms with Crippen LogP contribution < -0.4 is 16.2 Å². The molecule has 4 aromatic rings. The van der Waals surface area contributed by atoms with E-state index < -0.39 is 17.0 Å². The molecule has 1 atom stereocenters. The summed E-state index contributed by atoms with van der Waals surface area (Å²) >= 11 is 0. The largest absolute Gasteiger partial charge is 0.392 e. The van der Waals surface area contributed by atoms with Crippen LogP contribution in [0.5, 0.6) is 0 Å². The molecular weight excluding hydrogens is 470 g/mol. The van der Waals surface area contributed by atoms with Gasteiger partial charge in [-0.15, -0.1) is 0 Å². The maximum absolute atomic E-state index is 11.9. The van der Waals surface area contributed by atoms with Crippen LogP contribution in [-0.4, -0.2) is 17.8 Å². The maximum atomic E-state index is 11.9. The van der Waals surface area contributed by atoms with E-state index in [1.165, 1.54) is 16.7 Å². The first-order chi connectivity index (χ1) is 18.3. The van der Waals surface area contributed by atoms with Gasteiger partial charge in [0.1, 0.15) is 0 Å². The second-order valence-electron chi connectivity index (χ2n) is 9.30. The molecule has 0 bridgehead atoms. The minimum absolute atomic E-state index is 0.231. The number of anilines is 1. The lowest BCUT2D eigenvalue weighted by Crippen LogP contribution is -2.37. The molecule has 4 heteroatoms. The number of allylic oxidation sites excluding steroid dienone is 3. The van der Waals surface area contributed by atoms with Crippen LogP contribution in [0.25, 0.3) is 29.4 Å². The number of hydrogen-bond donors (Lipinski definition) is 2. The van der Waals surface area contributed by atoms with Gasteiger partial charge in [-0.2, -0.15) is 0 Å². The van der Waals surface area contributed by atoms with E-state index in [2.05, 4.69) is 73.8 Å². The second kappa shape index (κ2) is 13.9. The summed E-state index contributed by atoms with van der Waals surface area (Å²) < 4.78 is 0. The molecule has 0 amide bonds. The van der Waals surface area contributed by atoms with Crippen molar-refractivity contribution in [3.63, 3.8) is 0 Å². The van der Waals surface area contributed by atoms with E-state index in [0.29, 0.717) is 16.8 Å². The molecule has 0 aliphatic rings. The number of hydrogen-bond acceptors (Lipinski definition) is 4. The minimum atomic E-state index is -0.596. The SMILES string of the molecule is CC=CC=Cc1ccc(C)cc1.Cc1ccc(/C=C/c2ccc(-c3c(NCC(C)O)c(=O)c3=O)cc2)cc1. The summed E-state index contributed by atoms with van der Waals surface area (Å²) in [5, 5.41) is 12.2. The van der Waals surface area contributed by atoms with Gasteiger partial charge in [-0.1, -0.05) is 120 Å². The first-order valence-corrected chi connectivity index (χ1v) is 12.7. The van der Waals surface area contributed by atoms with E-state index in [1.807, 2.05) is 61.6 Å². The predicted molar refractivity (Wildman–Crippen MR) is 162 cm³/mol. The summed E-state index contributed by atoms with van der Waals surface area (Å²) in [7, 11) is 0. The van der Waals surface area contributed by atoms with Crippen LogP contribution in [0.1, 0.15) is 41.7 Å². The van der Waals surface area contributed by atoms with E-state index in [0.717, 1.165) is 11.1 Å². The van der Waals surface area contributed by atoms with Gasteiger partial charge in [-0.05, 0) is 49.9 Å². The number of nitrogens with one attached hydrogen (secondary N) is 1. The topological polar surface area (TPSA) is 66.4 Å². The van der Waals surface area contributed by atoms with E-state index in [1.54, 1.807) is 6.92 Å². The van der Waals surface area contributed by atoms with E-state index in [9.17, 15) is 14.7 Å². The molecule has 0 aliphatic carbocycles. The molecule has 0 heterocycles. The third kappa shape index (κ3) is 8.12. The summed E-state index contributed by atoms with van der Waals surface area (Å²) in [4.78, 5) is 23.7. The van der Waals surface area contributed by atoms with Crippen LogP contribution in [-0.2, 0) is 0 Å². The lowest BCUT2D eigenvalue weighted by Gasteiger charge is -2.14. The van der Waals surface area contributed by atoms with Gasteiger partial charge < -0.3 is 10.4 Å². The van der Waals surface area contributed by atoms with Crippen molar-refractivity contribution in [3.8, 4) is 11.1 Å². The Bertz CT molecular complexity index is 1460. The average molecular weight is 506 g/mol. The third-order valence-corrected chi connectivity index (χ3v) is 5.90. The Labute approximate surface area is 225 Å². The molecule has 0 aromatic heterocycles. The van der Waals surface area contributed by atoms with Gasteiger partial charge in [0.25, 0.3) is 0 Å². The van der Waals surface area contributed by atoms with Gasteiger partial charge in [-0.25, -0.2) is 0 Å². The number of aryl methyl sites for hydroxylation is 2. The zero-order valence-electron chi connectivity index (χ0n) is 22.4. The van der Waals surface area contributed by atoms with Crippen molar-refractivity contribution in [2.75, 3.05) is 11.9 Å². The summed E-state index contributed by atoms with van der Waals surface area (Å²) in [6.45, 7) is 8.01. The highest BCUT2D eigenvalue weighted by atomic mass is 16.3. The summed E-state index contributed by atoms with van der Waals surface area (Å²) in [6.07, 6.45) is 11.6. The fourth-order valence-corrected chi connectivity index (χ4v) is 3.67. The Morgan fingerprint density at radius 3 is 1.66 bits per heavy atom. The molecule has 0 fully saturated rings. The molecule has 0 spiro atoms. The molecule has 0 saturated carbocycles. The smallest absolute Gasteiger partial charge is 0.250 e. The Morgan fingerprint density at radius 1 is 0.711 bits per heavy atom. The Hall–Kier alpha value is -4.28. The van der Waals surface area contributed by atoms with Crippen LogP contribution >= 0.6 is 0 Å². The average Bonchev–Trinajstić information content (AvgIpc) is 2.92. The number of aliphatic hydroxyl groups excluding tert-OH is 1. The molecule has 0 aliphatic heterocycles. The van der Waals surface area contributed by atoms with Crippen LogP contribution in [0.4, 0.5) is 5.69 Å². The summed E-state index contributed by atoms with van der Waals surface area (Å²) in [5.74, 6) is 0. The molecule has 38 heavy (non-hydrogen) atoms. The zero-order chi connectivity index (χ0) is 27.5.